The van der Waals surface area contributed by atoms with Crippen LogP contribution in [0.4, 0.5) is 4.39 Å². The van der Waals surface area contributed by atoms with Gasteiger partial charge in [-0.25, -0.2) is 4.39 Å². The van der Waals surface area contributed by atoms with Gasteiger partial charge in [-0.05, 0) is 12.8 Å². The van der Waals surface area contributed by atoms with Crippen molar-refractivity contribution in [2.45, 2.75) is 31.1 Å². The van der Waals surface area contributed by atoms with Gasteiger partial charge in [0.05, 0.1) is 6.17 Å². The van der Waals surface area contributed by atoms with Crippen LogP contribution in [-0.4, -0.2) is 15.7 Å². The summed E-state index contributed by atoms with van der Waals surface area (Å²) in [6.45, 7) is 0. The second-order valence-electron chi connectivity index (χ2n) is 1.92. The fourth-order valence-electron chi connectivity index (χ4n) is 0.787. The molecule has 1 saturated heterocycles. The van der Waals surface area contributed by atoms with Crippen molar-refractivity contribution in [1.82, 2.24) is 0 Å². The lowest BCUT2D eigenvalue weighted by atomic mass is 10.2. The monoisotopic (exact) mass is 116 g/mol. The molecule has 0 bridgehead atoms. The normalized spacial score (nSPS) is 25.3. The van der Waals surface area contributed by atoms with E-state index in [1.54, 1.807) is 0 Å². The molecule has 0 atom stereocenters. The molecule has 2 heteroatoms. The van der Waals surface area contributed by atoms with Crippen LogP contribution in [-0.2, 0) is 0 Å². The predicted molar refractivity (Wildman–Crippen MR) is 29.5 cm³/mol. The lowest BCUT2D eigenvalue weighted by Gasteiger charge is -2.11. The van der Waals surface area contributed by atoms with E-state index in [1.807, 2.05) is 0 Å². The Morgan fingerprint density at radius 1 is 1.29 bits per heavy atom. The molecule has 0 aromatic carbocycles. The zero-order valence-corrected chi connectivity index (χ0v) is 5.28. The second-order valence-corrected chi connectivity index (χ2v) is 3.42. The van der Waals surface area contributed by atoms with E-state index >= 15 is 0 Å². The number of hydrogen-bond acceptors (Lipinski definition) is 0. The molecule has 1 fully saturated rings. The van der Waals surface area contributed by atoms with Crippen LogP contribution in [0.1, 0.15) is 12.8 Å². The molecule has 0 nitrogen and oxygen atoms in total. The third-order valence-corrected chi connectivity index (χ3v) is 2.55. The van der Waals surface area contributed by atoms with Crippen LogP contribution in [0.5, 0.6) is 0 Å². The Morgan fingerprint density at radius 2 is 1.86 bits per heavy atom. The minimum absolute atomic E-state index is 0.457. The molecule has 40 valence electrons. The van der Waals surface area contributed by atoms with Gasteiger partial charge in [-0.15, -0.1) is 0 Å². The standard InChI is InChI=1S/C5H9FSi/c6-5-1-3-7-4-2-5/h5H,1-4H2. The predicted octanol–water partition coefficient (Wildman–Crippen LogP) is 1.66. The number of rotatable bonds is 0. The fourth-order valence-corrected chi connectivity index (χ4v) is 2.07. The first-order chi connectivity index (χ1) is 3.39. The summed E-state index contributed by atoms with van der Waals surface area (Å²) in [5.74, 6) is 0. The van der Waals surface area contributed by atoms with E-state index in [1.165, 1.54) is 0 Å². The molecule has 0 N–H and O–H groups in total. The molecule has 1 aliphatic rings. The van der Waals surface area contributed by atoms with Crippen molar-refractivity contribution in [3.8, 4) is 0 Å². The zero-order valence-electron chi connectivity index (χ0n) is 4.28. The topological polar surface area (TPSA) is 0 Å². The molecule has 0 aromatic heterocycles. The SMILES string of the molecule is FC1CC[Si]CC1. The van der Waals surface area contributed by atoms with Crippen LogP contribution >= 0.6 is 0 Å². The minimum Gasteiger partial charge on any atom is -0.248 e. The summed E-state index contributed by atoms with van der Waals surface area (Å²) in [5, 5.41) is 0. The van der Waals surface area contributed by atoms with Crippen molar-refractivity contribution in [3.63, 3.8) is 0 Å². The maximum Gasteiger partial charge on any atom is 0.0996 e. The Balaban J connectivity index is 2.12. The highest BCUT2D eigenvalue weighted by molar-refractivity contribution is 6.35. The fraction of sp³-hybridized carbons (Fsp3) is 1.00. The molecule has 0 aromatic rings. The van der Waals surface area contributed by atoms with E-state index in [0.717, 1.165) is 34.4 Å². The highest BCUT2D eigenvalue weighted by Crippen LogP contribution is 2.15. The highest BCUT2D eigenvalue weighted by Gasteiger charge is 2.10. The summed E-state index contributed by atoms with van der Waals surface area (Å²) in [6, 6.07) is 2.28. The highest BCUT2D eigenvalue weighted by atomic mass is 28.2. The third-order valence-electron chi connectivity index (χ3n) is 1.27. The summed E-state index contributed by atoms with van der Waals surface area (Å²) < 4.78 is 12.2. The Labute approximate surface area is 45.9 Å². The van der Waals surface area contributed by atoms with E-state index in [2.05, 4.69) is 0 Å². The van der Waals surface area contributed by atoms with E-state index in [4.69, 9.17) is 0 Å². The third kappa shape index (κ3) is 1.59. The molecule has 2 radical (unpaired) electrons. The van der Waals surface area contributed by atoms with Crippen LogP contribution in [0.2, 0.25) is 12.1 Å². The van der Waals surface area contributed by atoms with Crippen LogP contribution in [0, 0.1) is 0 Å². The van der Waals surface area contributed by atoms with Gasteiger partial charge in [0.15, 0.2) is 0 Å². The number of hydrogen-bond donors (Lipinski definition) is 0. The Hall–Kier alpha value is 0.147. The summed E-state index contributed by atoms with van der Waals surface area (Å²) in [6.07, 6.45) is 1.21. The quantitative estimate of drug-likeness (QED) is 0.422. The minimum atomic E-state index is -0.457. The van der Waals surface area contributed by atoms with Crippen LogP contribution in [0.3, 0.4) is 0 Å². The first-order valence-electron chi connectivity index (χ1n) is 2.74. The van der Waals surface area contributed by atoms with Gasteiger partial charge in [-0.1, -0.05) is 12.1 Å². The second kappa shape index (κ2) is 2.45. The van der Waals surface area contributed by atoms with Crippen molar-refractivity contribution in [3.05, 3.63) is 0 Å². The number of halogens is 1. The van der Waals surface area contributed by atoms with Gasteiger partial charge in [-0.3, -0.25) is 0 Å². The molecule has 0 aliphatic carbocycles. The summed E-state index contributed by atoms with van der Waals surface area (Å²) >= 11 is 0. The Kier molecular flexibility index (Phi) is 1.85. The van der Waals surface area contributed by atoms with E-state index in [9.17, 15) is 4.39 Å². The van der Waals surface area contributed by atoms with Crippen LogP contribution < -0.4 is 0 Å². The molecule has 0 saturated carbocycles. The van der Waals surface area contributed by atoms with Crippen molar-refractivity contribution in [1.29, 1.82) is 0 Å². The summed E-state index contributed by atoms with van der Waals surface area (Å²) in [4.78, 5) is 0. The molecule has 0 spiro atoms. The molecular weight excluding hydrogens is 107 g/mol. The van der Waals surface area contributed by atoms with E-state index in [0.29, 0.717) is 0 Å². The maximum atomic E-state index is 12.2. The van der Waals surface area contributed by atoms with Gasteiger partial charge in [0.1, 0.15) is 0 Å². The van der Waals surface area contributed by atoms with Crippen LogP contribution in [0.25, 0.3) is 0 Å². The zero-order chi connectivity index (χ0) is 5.11. The molecule has 1 aliphatic heterocycles. The summed E-state index contributed by atoms with van der Waals surface area (Å²) in [7, 11) is 1.05. The molecule has 0 unspecified atom stereocenters. The molecule has 7 heavy (non-hydrogen) atoms. The lowest BCUT2D eigenvalue weighted by Crippen LogP contribution is -2.09. The number of alkyl halides is 1. The average Bonchev–Trinajstić information content (AvgIpc) is 1.69. The Morgan fingerprint density at radius 3 is 2.14 bits per heavy atom. The van der Waals surface area contributed by atoms with Gasteiger partial charge >= 0.3 is 0 Å². The Bertz CT molecular complexity index is 50.0. The maximum absolute atomic E-state index is 12.2. The van der Waals surface area contributed by atoms with Crippen molar-refractivity contribution in [2.24, 2.45) is 0 Å². The molecule has 1 rings (SSSR count). The van der Waals surface area contributed by atoms with Gasteiger partial charge in [0.2, 0.25) is 0 Å². The van der Waals surface area contributed by atoms with Gasteiger partial charge < -0.3 is 0 Å². The van der Waals surface area contributed by atoms with Crippen molar-refractivity contribution >= 4 is 9.52 Å². The van der Waals surface area contributed by atoms with Gasteiger partial charge in [0.25, 0.3) is 0 Å². The first kappa shape index (κ1) is 5.29. The average molecular weight is 116 g/mol. The van der Waals surface area contributed by atoms with Gasteiger partial charge in [0, 0.05) is 9.52 Å². The van der Waals surface area contributed by atoms with E-state index < -0.39 is 6.17 Å². The summed E-state index contributed by atoms with van der Waals surface area (Å²) in [5.41, 5.74) is 0. The van der Waals surface area contributed by atoms with Crippen molar-refractivity contribution < 1.29 is 4.39 Å². The lowest BCUT2D eigenvalue weighted by molar-refractivity contribution is 0.308. The van der Waals surface area contributed by atoms with Gasteiger partial charge in [-0.2, -0.15) is 0 Å². The molecule has 0 amide bonds. The molecule has 1 heterocycles. The van der Waals surface area contributed by atoms with Crippen molar-refractivity contribution in [2.75, 3.05) is 0 Å². The largest absolute Gasteiger partial charge is 0.248 e. The molecular formula is C5H9FSi. The van der Waals surface area contributed by atoms with Crippen LogP contribution in [0.15, 0.2) is 0 Å². The van der Waals surface area contributed by atoms with E-state index in [-0.39, 0.29) is 0 Å². The smallest absolute Gasteiger partial charge is 0.0996 e. The first-order valence-corrected chi connectivity index (χ1v) is 4.16.